The Balaban J connectivity index is 2.10. The average molecular weight is 350 g/mol. The Morgan fingerprint density at radius 2 is 1.73 bits per heavy atom. The van der Waals surface area contributed by atoms with E-state index in [1.807, 2.05) is 18.2 Å². The molecule has 0 saturated heterocycles. The van der Waals surface area contributed by atoms with Crippen molar-refractivity contribution in [3.63, 3.8) is 0 Å². The van der Waals surface area contributed by atoms with Crippen LogP contribution in [0.5, 0.6) is 0 Å². The van der Waals surface area contributed by atoms with Crippen LogP contribution >= 0.6 is 0 Å². The number of Topliss-reactive ketones (excluding diaryl/α,β-unsaturated/α-hetero) is 1. The van der Waals surface area contributed by atoms with Crippen LogP contribution in [0.3, 0.4) is 0 Å². The van der Waals surface area contributed by atoms with Crippen LogP contribution in [0.15, 0.2) is 59.6 Å². The number of nitrogens with zero attached hydrogens (tertiary/aromatic N) is 2. The van der Waals surface area contributed by atoms with Crippen molar-refractivity contribution >= 4 is 34.7 Å². The topological polar surface area (TPSA) is 76.0 Å². The fraction of sp³-hybridized carbons (Fsp3) is 0.200. The summed E-state index contributed by atoms with van der Waals surface area (Å²) in [6.07, 6.45) is -0.120. The van der Waals surface area contributed by atoms with Crippen LogP contribution in [-0.4, -0.2) is 36.5 Å². The Morgan fingerprint density at radius 1 is 1.08 bits per heavy atom. The fourth-order valence-electron chi connectivity index (χ4n) is 2.96. The molecule has 26 heavy (non-hydrogen) atoms. The third-order valence-corrected chi connectivity index (χ3v) is 4.10. The third-order valence-electron chi connectivity index (χ3n) is 4.10. The van der Waals surface area contributed by atoms with Crippen molar-refractivity contribution < 1.29 is 19.1 Å². The quantitative estimate of drug-likeness (QED) is 0.777. The van der Waals surface area contributed by atoms with Crippen LogP contribution in [0.4, 0.5) is 11.4 Å². The number of rotatable bonds is 5. The molecule has 1 aliphatic heterocycles. The van der Waals surface area contributed by atoms with Gasteiger partial charge in [-0.25, -0.2) is 9.79 Å². The van der Waals surface area contributed by atoms with E-state index >= 15 is 0 Å². The smallest absolute Gasteiger partial charge is 0.329 e. The summed E-state index contributed by atoms with van der Waals surface area (Å²) in [5, 5.41) is 0. The van der Waals surface area contributed by atoms with Gasteiger partial charge in [-0.15, -0.1) is 0 Å². The van der Waals surface area contributed by atoms with Gasteiger partial charge in [0.2, 0.25) is 0 Å². The maximum Gasteiger partial charge on any atom is 0.329 e. The van der Waals surface area contributed by atoms with Gasteiger partial charge < -0.3 is 4.74 Å². The molecule has 0 aromatic heterocycles. The Kier molecular flexibility index (Phi) is 4.93. The summed E-state index contributed by atoms with van der Waals surface area (Å²) in [4.78, 5) is 42.8. The molecule has 0 fully saturated rings. The number of carbonyl (C=O) groups excluding carboxylic acids is 3. The summed E-state index contributed by atoms with van der Waals surface area (Å²) in [5.74, 6) is -1.27. The fourth-order valence-corrected chi connectivity index (χ4v) is 2.96. The van der Waals surface area contributed by atoms with E-state index in [9.17, 15) is 14.4 Å². The highest BCUT2D eigenvalue weighted by molar-refractivity contribution is 6.55. The molecule has 1 heterocycles. The molecule has 1 aliphatic rings. The lowest BCUT2D eigenvalue weighted by Crippen LogP contribution is -2.46. The minimum absolute atomic E-state index is 0.120. The number of benzene rings is 2. The van der Waals surface area contributed by atoms with Gasteiger partial charge in [0.05, 0.1) is 18.5 Å². The molecule has 1 unspecified atom stereocenters. The van der Waals surface area contributed by atoms with Gasteiger partial charge in [-0.1, -0.05) is 36.4 Å². The normalized spacial score (nSPS) is 15.7. The maximum absolute atomic E-state index is 13.1. The van der Waals surface area contributed by atoms with Crippen LogP contribution in [0.1, 0.15) is 18.9 Å². The van der Waals surface area contributed by atoms with E-state index in [1.54, 1.807) is 36.4 Å². The number of amides is 1. The first-order valence-electron chi connectivity index (χ1n) is 8.17. The van der Waals surface area contributed by atoms with Gasteiger partial charge in [0.25, 0.3) is 5.91 Å². The maximum atomic E-state index is 13.1. The molecule has 0 spiro atoms. The van der Waals surface area contributed by atoms with Crippen molar-refractivity contribution in [3.05, 3.63) is 60.2 Å². The molecule has 2 aromatic rings. The summed E-state index contributed by atoms with van der Waals surface area (Å²) < 4.78 is 4.82. The molecule has 132 valence electrons. The second-order valence-electron chi connectivity index (χ2n) is 5.93. The zero-order valence-corrected chi connectivity index (χ0v) is 14.5. The van der Waals surface area contributed by atoms with Crippen molar-refractivity contribution in [2.75, 3.05) is 12.0 Å². The van der Waals surface area contributed by atoms with Gasteiger partial charge in [0.15, 0.2) is 0 Å². The molecular weight excluding hydrogens is 332 g/mol. The largest absolute Gasteiger partial charge is 0.467 e. The number of carbonyl (C=O) groups is 3. The van der Waals surface area contributed by atoms with E-state index in [-0.39, 0.29) is 17.9 Å². The predicted octanol–water partition coefficient (Wildman–Crippen LogP) is 2.67. The van der Waals surface area contributed by atoms with Crippen LogP contribution in [0.25, 0.3) is 0 Å². The highest BCUT2D eigenvalue weighted by Gasteiger charge is 2.41. The van der Waals surface area contributed by atoms with Gasteiger partial charge in [0, 0.05) is 12.0 Å². The first-order chi connectivity index (χ1) is 12.5. The number of hydrogen-bond donors (Lipinski definition) is 0. The number of ketones is 1. The van der Waals surface area contributed by atoms with Gasteiger partial charge in [-0.05, 0) is 25.1 Å². The summed E-state index contributed by atoms with van der Waals surface area (Å²) in [6, 6.07) is 15.2. The molecule has 0 N–H and O–H groups in total. The first-order valence-corrected chi connectivity index (χ1v) is 8.17. The average Bonchev–Trinajstić information content (AvgIpc) is 2.92. The van der Waals surface area contributed by atoms with Crippen molar-refractivity contribution in [1.82, 2.24) is 0 Å². The number of methoxy groups -OCH3 is 1. The summed E-state index contributed by atoms with van der Waals surface area (Å²) in [7, 11) is 1.24. The molecule has 6 heteroatoms. The monoisotopic (exact) mass is 350 g/mol. The molecule has 1 atom stereocenters. The van der Waals surface area contributed by atoms with Gasteiger partial charge >= 0.3 is 5.97 Å². The minimum atomic E-state index is -1.02. The number of para-hydroxylation sites is 2. The van der Waals surface area contributed by atoms with Crippen molar-refractivity contribution in [2.45, 2.75) is 19.4 Å². The summed E-state index contributed by atoms with van der Waals surface area (Å²) >= 11 is 0. The van der Waals surface area contributed by atoms with Crippen LogP contribution in [0.2, 0.25) is 0 Å². The Morgan fingerprint density at radius 3 is 2.38 bits per heavy atom. The highest BCUT2D eigenvalue weighted by Crippen LogP contribution is 2.33. The van der Waals surface area contributed by atoms with E-state index in [0.29, 0.717) is 16.9 Å². The lowest BCUT2D eigenvalue weighted by atomic mass is 10.1. The van der Waals surface area contributed by atoms with Crippen molar-refractivity contribution in [1.29, 1.82) is 0 Å². The standard InChI is InChI=1S/C20H18N2O4/c1-13(23)12-17(20(25)26-2)22-16-11-7-6-10-15(16)18(19(22)24)21-14-8-4-3-5-9-14/h3-11,17H,12H2,1-2H3. The molecule has 0 aliphatic carbocycles. The Labute approximate surface area is 151 Å². The van der Waals surface area contributed by atoms with E-state index in [4.69, 9.17) is 4.74 Å². The lowest BCUT2D eigenvalue weighted by Gasteiger charge is -2.25. The highest BCUT2D eigenvalue weighted by atomic mass is 16.5. The molecule has 6 nitrogen and oxygen atoms in total. The van der Waals surface area contributed by atoms with Crippen LogP contribution < -0.4 is 4.90 Å². The summed E-state index contributed by atoms with van der Waals surface area (Å²) in [5.41, 5.74) is 2.04. The molecule has 0 saturated carbocycles. The number of ether oxygens (including phenoxy) is 1. The van der Waals surface area contributed by atoms with Gasteiger partial charge in [0.1, 0.15) is 17.5 Å². The summed E-state index contributed by atoms with van der Waals surface area (Å²) in [6.45, 7) is 1.38. The lowest BCUT2D eigenvalue weighted by molar-refractivity contribution is -0.144. The predicted molar refractivity (Wildman–Crippen MR) is 97.7 cm³/mol. The zero-order chi connectivity index (χ0) is 18.7. The minimum Gasteiger partial charge on any atom is -0.467 e. The van der Waals surface area contributed by atoms with Crippen LogP contribution in [-0.2, 0) is 19.1 Å². The molecule has 3 rings (SSSR count). The first kappa shape index (κ1) is 17.5. The molecule has 1 amide bonds. The SMILES string of the molecule is COC(=O)C(CC(C)=O)N1C(=O)C(=Nc2ccccc2)c2ccccc21. The molecule has 2 aromatic carbocycles. The number of esters is 1. The molecular formula is C20H18N2O4. The number of anilines is 1. The molecule has 0 bridgehead atoms. The number of aliphatic imine (C=N–C) groups is 1. The van der Waals surface area contributed by atoms with E-state index in [1.165, 1.54) is 18.9 Å². The zero-order valence-electron chi connectivity index (χ0n) is 14.5. The number of fused-ring (bicyclic) bond motifs is 1. The van der Waals surface area contributed by atoms with Gasteiger partial charge in [-0.2, -0.15) is 0 Å². The Bertz CT molecular complexity index is 890. The Hall–Kier alpha value is -3.28. The van der Waals surface area contributed by atoms with E-state index in [0.717, 1.165) is 0 Å². The second-order valence-corrected chi connectivity index (χ2v) is 5.93. The van der Waals surface area contributed by atoms with Crippen LogP contribution in [0, 0.1) is 0 Å². The van der Waals surface area contributed by atoms with E-state index < -0.39 is 17.9 Å². The van der Waals surface area contributed by atoms with Gasteiger partial charge in [-0.3, -0.25) is 14.5 Å². The van der Waals surface area contributed by atoms with Crippen molar-refractivity contribution in [3.8, 4) is 0 Å². The van der Waals surface area contributed by atoms with E-state index in [2.05, 4.69) is 4.99 Å². The molecule has 0 radical (unpaired) electrons. The number of hydrogen-bond acceptors (Lipinski definition) is 5. The second kappa shape index (κ2) is 7.31. The third kappa shape index (κ3) is 3.26. The van der Waals surface area contributed by atoms with Crippen molar-refractivity contribution in [2.24, 2.45) is 4.99 Å².